The lowest BCUT2D eigenvalue weighted by atomic mass is 9.92. The molecule has 3 atom stereocenters. The molecular weight excluding hydrogens is 365 g/mol. The molecule has 0 aromatic heterocycles. The predicted octanol–water partition coefficient (Wildman–Crippen LogP) is 4.40. The minimum atomic E-state index is -1.67. The molecule has 0 unspecified atom stereocenters. The van der Waals surface area contributed by atoms with Gasteiger partial charge in [-0.25, -0.2) is 0 Å². The van der Waals surface area contributed by atoms with Crippen molar-refractivity contribution in [2.45, 2.75) is 27.4 Å². The van der Waals surface area contributed by atoms with Gasteiger partial charge in [-0.15, -0.1) is 23.2 Å². The first kappa shape index (κ1) is 15.3. The first-order valence-corrected chi connectivity index (χ1v) is 7.39. The normalized spacial score (nSPS) is 41.4. The summed E-state index contributed by atoms with van der Waals surface area (Å²) >= 11 is 37.3. The molecule has 2 bridgehead atoms. The van der Waals surface area contributed by atoms with Crippen LogP contribution in [0, 0.1) is 5.92 Å². The quantitative estimate of drug-likeness (QED) is 0.530. The fourth-order valence-electron chi connectivity index (χ4n) is 2.40. The molecule has 0 aliphatic heterocycles. The second-order valence-electron chi connectivity index (χ2n) is 4.22. The van der Waals surface area contributed by atoms with Gasteiger partial charge in [-0.1, -0.05) is 46.4 Å². The Morgan fingerprint density at radius 1 is 1.28 bits per heavy atom. The Bertz CT molecular complexity index is 448. The van der Waals surface area contributed by atoms with Crippen molar-refractivity contribution in [1.29, 1.82) is 0 Å². The molecule has 2 aliphatic rings. The number of ether oxygens (including phenoxy) is 1. The molecule has 0 N–H and O–H groups in total. The van der Waals surface area contributed by atoms with Crippen LogP contribution in [0.25, 0.3) is 0 Å². The van der Waals surface area contributed by atoms with Gasteiger partial charge in [-0.05, 0) is 13.3 Å². The molecule has 1 saturated carbocycles. The molecule has 0 saturated heterocycles. The maximum Gasteiger partial charge on any atom is 0.311 e. The second-order valence-corrected chi connectivity index (χ2v) is 7.55. The molecular formula is C10H8Cl6O2. The average Bonchev–Trinajstić information content (AvgIpc) is 2.51. The molecule has 0 amide bonds. The predicted molar refractivity (Wildman–Crippen MR) is 75.1 cm³/mol. The van der Waals surface area contributed by atoms with E-state index in [1.54, 1.807) is 6.92 Å². The molecule has 1 fully saturated rings. The summed E-state index contributed by atoms with van der Waals surface area (Å²) < 4.78 is 3.27. The van der Waals surface area contributed by atoms with Crippen LogP contribution in [0.1, 0.15) is 13.3 Å². The highest BCUT2D eigenvalue weighted by atomic mass is 35.5. The summed E-state index contributed by atoms with van der Waals surface area (Å²) in [5, 5.41) is 0.0986. The van der Waals surface area contributed by atoms with Crippen molar-refractivity contribution in [3.05, 3.63) is 10.1 Å². The van der Waals surface area contributed by atoms with E-state index in [9.17, 15) is 4.79 Å². The van der Waals surface area contributed by atoms with Crippen molar-refractivity contribution in [3.63, 3.8) is 0 Å². The summed E-state index contributed by atoms with van der Waals surface area (Å²) in [5.41, 5.74) is 0. The van der Waals surface area contributed by atoms with E-state index < -0.39 is 26.0 Å². The highest BCUT2D eigenvalue weighted by Crippen LogP contribution is 2.74. The fraction of sp³-hybridized carbons (Fsp3) is 0.700. The Morgan fingerprint density at radius 2 is 1.83 bits per heavy atom. The molecule has 0 radical (unpaired) electrons. The summed E-state index contributed by atoms with van der Waals surface area (Å²) in [6.07, 6.45) is 0.0823. The number of esters is 1. The van der Waals surface area contributed by atoms with E-state index in [4.69, 9.17) is 74.3 Å². The number of hydrogen-bond donors (Lipinski definition) is 0. The van der Waals surface area contributed by atoms with Gasteiger partial charge in [0, 0.05) is 0 Å². The lowest BCUT2D eigenvalue weighted by Gasteiger charge is -2.32. The Hall–Kier alpha value is 0.950. The summed E-state index contributed by atoms with van der Waals surface area (Å²) in [7, 11) is 0. The van der Waals surface area contributed by atoms with Crippen LogP contribution >= 0.6 is 69.6 Å². The lowest BCUT2D eigenvalue weighted by Crippen LogP contribution is -2.46. The van der Waals surface area contributed by atoms with Crippen LogP contribution in [0.5, 0.6) is 0 Å². The van der Waals surface area contributed by atoms with Crippen LogP contribution in [-0.4, -0.2) is 26.7 Å². The number of carbonyl (C=O) groups excluding carboxylic acids is 1. The number of hydrogen-bond acceptors (Lipinski definition) is 2. The first-order valence-electron chi connectivity index (χ1n) is 5.13. The SMILES string of the molecule is CCOC(=O)[C@H]1C[C@@]2(Cl)C(Cl)=C(Cl)[C@]1(Cl)C2(Cl)Cl. The smallest absolute Gasteiger partial charge is 0.311 e. The van der Waals surface area contributed by atoms with E-state index in [1.807, 2.05) is 0 Å². The topological polar surface area (TPSA) is 26.3 Å². The van der Waals surface area contributed by atoms with Crippen LogP contribution in [0.2, 0.25) is 0 Å². The number of halogens is 6. The van der Waals surface area contributed by atoms with Gasteiger partial charge in [0.2, 0.25) is 0 Å². The van der Waals surface area contributed by atoms with Crippen molar-refractivity contribution in [2.75, 3.05) is 6.61 Å². The molecule has 2 nitrogen and oxygen atoms in total. The van der Waals surface area contributed by atoms with E-state index in [0.717, 1.165) is 0 Å². The summed E-state index contributed by atoms with van der Waals surface area (Å²) in [5.74, 6) is -1.37. The second kappa shape index (κ2) is 4.47. The average molecular weight is 373 g/mol. The third-order valence-electron chi connectivity index (χ3n) is 3.35. The molecule has 2 aliphatic carbocycles. The Morgan fingerprint density at radius 3 is 2.22 bits per heavy atom. The molecule has 18 heavy (non-hydrogen) atoms. The van der Waals surface area contributed by atoms with Crippen LogP contribution in [0.4, 0.5) is 0 Å². The van der Waals surface area contributed by atoms with Crippen molar-refractivity contribution in [1.82, 2.24) is 0 Å². The molecule has 0 aromatic rings. The van der Waals surface area contributed by atoms with Crippen LogP contribution < -0.4 is 0 Å². The van der Waals surface area contributed by atoms with Crippen molar-refractivity contribution >= 4 is 75.6 Å². The zero-order chi connectivity index (χ0) is 13.9. The minimum Gasteiger partial charge on any atom is -0.466 e. The van der Waals surface area contributed by atoms with Crippen molar-refractivity contribution in [2.24, 2.45) is 5.92 Å². The summed E-state index contributed by atoms with van der Waals surface area (Å²) in [6.45, 7) is 1.89. The van der Waals surface area contributed by atoms with Crippen LogP contribution in [0.15, 0.2) is 10.1 Å². The maximum atomic E-state index is 11.9. The number of fused-ring (bicyclic) bond motifs is 2. The van der Waals surface area contributed by atoms with Gasteiger partial charge >= 0.3 is 5.97 Å². The van der Waals surface area contributed by atoms with Gasteiger partial charge in [0.25, 0.3) is 0 Å². The zero-order valence-electron chi connectivity index (χ0n) is 9.08. The van der Waals surface area contributed by atoms with Gasteiger partial charge < -0.3 is 4.74 Å². The largest absolute Gasteiger partial charge is 0.466 e. The molecule has 102 valence electrons. The molecule has 0 spiro atoms. The monoisotopic (exact) mass is 370 g/mol. The Kier molecular flexibility index (Phi) is 3.81. The van der Waals surface area contributed by atoms with E-state index >= 15 is 0 Å². The highest BCUT2D eigenvalue weighted by molar-refractivity contribution is 6.65. The van der Waals surface area contributed by atoms with Gasteiger partial charge in [-0.2, -0.15) is 0 Å². The summed E-state index contributed by atoms with van der Waals surface area (Å²) in [4.78, 5) is 9.00. The number of rotatable bonds is 2. The molecule has 0 heterocycles. The minimum absolute atomic E-state index is 0.00939. The standard InChI is InChI=1S/C10H8Cl6O2/c1-2-18-7(17)4-3-8(13)5(11)6(12)9(4,14)10(8,15)16/h4H,2-3H2,1H3/t4-,8-,9+/m1/s1. The van der Waals surface area contributed by atoms with E-state index in [2.05, 4.69) is 0 Å². The Labute approximate surface area is 134 Å². The van der Waals surface area contributed by atoms with Crippen LogP contribution in [0.3, 0.4) is 0 Å². The zero-order valence-corrected chi connectivity index (χ0v) is 13.6. The maximum absolute atomic E-state index is 11.9. The summed E-state index contributed by atoms with van der Waals surface area (Å²) in [6, 6.07) is 0. The van der Waals surface area contributed by atoms with Gasteiger partial charge in [-0.3, -0.25) is 4.79 Å². The van der Waals surface area contributed by atoms with Crippen molar-refractivity contribution in [3.8, 4) is 0 Å². The van der Waals surface area contributed by atoms with Crippen molar-refractivity contribution < 1.29 is 9.53 Å². The number of allylic oxidation sites excluding steroid dienone is 2. The van der Waals surface area contributed by atoms with Gasteiger partial charge in [0.15, 0.2) is 4.33 Å². The fourth-order valence-corrected chi connectivity index (χ4v) is 5.15. The lowest BCUT2D eigenvalue weighted by molar-refractivity contribution is -0.148. The molecule has 0 aromatic carbocycles. The Balaban J connectivity index is 2.52. The van der Waals surface area contributed by atoms with E-state index in [1.165, 1.54) is 0 Å². The first-order chi connectivity index (χ1) is 8.14. The number of alkyl halides is 4. The number of carbonyl (C=O) groups is 1. The van der Waals surface area contributed by atoms with E-state index in [-0.39, 0.29) is 23.1 Å². The highest BCUT2D eigenvalue weighted by Gasteiger charge is 2.80. The molecule has 2 rings (SSSR count). The van der Waals surface area contributed by atoms with Gasteiger partial charge in [0.1, 0.15) is 9.75 Å². The van der Waals surface area contributed by atoms with Crippen LogP contribution in [-0.2, 0) is 9.53 Å². The van der Waals surface area contributed by atoms with Gasteiger partial charge in [0.05, 0.1) is 22.6 Å². The third kappa shape index (κ3) is 1.54. The van der Waals surface area contributed by atoms with E-state index in [0.29, 0.717) is 0 Å². The third-order valence-corrected chi connectivity index (χ3v) is 7.63. The molecule has 8 heteroatoms.